The summed E-state index contributed by atoms with van der Waals surface area (Å²) in [5.41, 5.74) is 0.775. The first-order valence-electron chi connectivity index (χ1n) is 7.19. The van der Waals surface area contributed by atoms with E-state index in [1.165, 1.54) is 6.07 Å². The van der Waals surface area contributed by atoms with Gasteiger partial charge >= 0.3 is 0 Å². The summed E-state index contributed by atoms with van der Waals surface area (Å²) in [6.07, 6.45) is 0.921. The van der Waals surface area contributed by atoms with Gasteiger partial charge in [0.1, 0.15) is 5.82 Å². The number of hydrogen-bond acceptors (Lipinski definition) is 2. The van der Waals surface area contributed by atoms with Crippen molar-refractivity contribution in [2.45, 2.75) is 25.7 Å². The summed E-state index contributed by atoms with van der Waals surface area (Å²) in [6.45, 7) is 6.34. The van der Waals surface area contributed by atoms with Crippen LogP contribution in [0.2, 0.25) is 0 Å². The Morgan fingerprint density at radius 3 is 2.64 bits per heavy atom. The highest BCUT2D eigenvalue weighted by atomic mass is 127. The molecule has 0 saturated carbocycles. The van der Waals surface area contributed by atoms with Gasteiger partial charge in [-0.1, -0.05) is 26.0 Å². The van der Waals surface area contributed by atoms with Crippen molar-refractivity contribution < 1.29 is 9.13 Å². The van der Waals surface area contributed by atoms with Crippen LogP contribution >= 0.6 is 24.0 Å². The highest BCUT2D eigenvalue weighted by Crippen LogP contribution is 2.22. The lowest BCUT2D eigenvalue weighted by Gasteiger charge is -2.26. The Morgan fingerprint density at radius 1 is 1.32 bits per heavy atom. The van der Waals surface area contributed by atoms with E-state index in [0.29, 0.717) is 6.54 Å². The van der Waals surface area contributed by atoms with Crippen LogP contribution in [0.3, 0.4) is 0 Å². The molecule has 0 fully saturated rings. The molecule has 1 aromatic rings. The fraction of sp³-hybridized carbons (Fsp3) is 0.562. The number of nitrogens with zero attached hydrogens (tertiary/aromatic N) is 1. The van der Waals surface area contributed by atoms with Crippen LogP contribution in [0, 0.1) is 5.82 Å². The molecule has 0 aliphatic heterocycles. The van der Waals surface area contributed by atoms with E-state index in [4.69, 9.17) is 4.74 Å². The molecule has 0 spiro atoms. The molecule has 0 aromatic heterocycles. The summed E-state index contributed by atoms with van der Waals surface area (Å²) in [5.74, 6) is 0.540. The van der Waals surface area contributed by atoms with E-state index in [1.807, 2.05) is 6.07 Å². The predicted octanol–water partition coefficient (Wildman–Crippen LogP) is 2.92. The lowest BCUT2D eigenvalue weighted by molar-refractivity contribution is 0.195. The minimum atomic E-state index is -0.206. The third kappa shape index (κ3) is 7.40. The third-order valence-corrected chi connectivity index (χ3v) is 3.35. The fourth-order valence-electron chi connectivity index (χ4n) is 1.96. The number of ether oxygens (including phenoxy) is 1. The van der Waals surface area contributed by atoms with Gasteiger partial charge in [-0.15, -0.1) is 24.0 Å². The highest BCUT2D eigenvalue weighted by Gasteiger charge is 2.21. The molecule has 126 valence electrons. The molecule has 4 nitrogen and oxygen atoms in total. The van der Waals surface area contributed by atoms with E-state index in [9.17, 15) is 4.39 Å². The molecule has 1 aromatic carbocycles. The molecule has 0 heterocycles. The van der Waals surface area contributed by atoms with E-state index < -0.39 is 0 Å². The Morgan fingerprint density at radius 2 is 2.05 bits per heavy atom. The average Bonchev–Trinajstić information content (AvgIpc) is 2.46. The zero-order chi connectivity index (χ0) is 15.7. The Kier molecular flexibility index (Phi) is 10.3. The second-order valence-electron chi connectivity index (χ2n) is 5.59. The van der Waals surface area contributed by atoms with Crippen molar-refractivity contribution in [3.8, 4) is 0 Å². The molecule has 22 heavy (non-hydrogen) atoms. The van der Waals surface area contributed by atoms with Crippen molar-refractivity contribution in [1.82, 2.24) is 10.6 Å². The molecule has 0 unspecified atom stereocenters. The predicted molar refractivity (Wildman–Crippen MR) is 101 cm³/mol. The SMILES string of the molecule is CN=C(NCCCOC)NCC(C)(C)c1cccc(F)c1.I. The van der Waals surface area contributed by atoms with E-state index >= 15 is 0 Å². The quantitative estimate of drug-likeness (QED) is 0.307. The number of rotatable bonds is 7. The summed E-state index contributed by atoms with van der Waals surface area (Å²) in [7, 11) is 3.43. The van der Waals surface area contributed by atoms with E-state index in [2.05, 4.69) is 29.5 Å². The van der Waals surface area contributed by atoms with Gasteiger partial charge in [0, 0.05) is 39.3 Å². The van der Waals surface area contributed by atoms with Gasteiger partial charge < -0.3 is 15.4 Å². The average molecular weight is 423 g/mol. The van der Waals surface area contributed by atoms with Gasteiger partial charge in [0.05, 0.1) is 0 Å². The van der Waals surface area contributed by atoms with Crippen LogP contribution in [0.15, 0.2) is 29.3 Å². The molecule has 0 amide bonds. The first kappa shape index (κ1) is 21.1. The van der Waals surface area contributed by atoms with Crippen LogP contribution in [-0.2, 0) is 10.2 Å². The molecule has 1 rings (SSSR count). The van der Waals surface area contributed by atoms with Gasteiger partial charge in [-0.2, -0.15) is 0 Å². The number of nitrogens with one attached hydrogen (secondary N) is 2. The van der Waals surface area contributed by atoms with Gasteiger partial charge in [0.2, 0.25) is 0 Å². The van der Waals surface area contributed by atoms with Gasteiger partial charge in [-0.05, 0) is 24.1 Å². The van der Waals surface area contributed by atoms with Gasteiger partial charge in [0.25, 0.3) is 0 Å². The number of aliphatic imine (C=N–C) groups is 1. The van der Waals surface area contributed by atoms with Crippen molar-refractivity contribution in [3.05, 3.63) is 35.6 Å². The Hall–Kier alpha value is -0.890. The molecule has 6 heteroatoms. The smallest absolute Gasteiger partial charge is 0.191 e. The van der Waals surface area contributed by atoms with Crippen molar-refractivity contribution >= 4 is 29.9 Å². The maximum absolute atomic E-state index is 13.3. The minimum Gasteiger partial charge on any atom is -0.385 e. The molecule has 0 aliphatic rings. The summed E-state index contributed by atoms with van der Waals surface area (Å²) in [6, 6.07) is 6.73. The Bertz CT molecular complexity index is 466. The zero-order valence-electron chi connectivity index (χ0n) is 13.8. The van der Waals surface area contributed by atoms with Gasteiger partial charge in [-0.3, -0.25) is 4.99 Å². The topological polar surface area (TPSA) is 45.7 Å². The first-order chi connectivity index (χ1) is 9.99. The Balaban J connectivity index is 0.00000441. The van der Waals surface area contributed by atoms with Crippen LogP contribution in [0.4, 0.5) is 4.39 Å². The van der Waals surface area contributed by atoms with Crippen molar-refractivity contribution in [2.24, 2.45) is 4.99 Å². The number of hydrogen-bond donors (Lipinski definition) is 2. The zero-order valence-corrected chi connectivity index (χ0v) is 16.1. The monoisotopic (exact) mass is 423 g/mol. The van der Waals surface area contributed by atoms with Crippen molar-refractivity contribution in [1.29, 1.82) is 0 Å². The number of benzene rings is 1. The van der Waals surface area contributed by atoms with E-state index in [0.717, 1.165) is 31.1 Å². The number of halogens is 2. The van der Waals surface area contributed by atoms with Crippen LogP contribution in [0.1, 0.15) is 25.8 Å². The van der Waals surface area contributed by atoms with Gasteiger partial charge in [-0.25, -0.2) is 4.39 Å². The molecule has 0 aliphatic carbocycles. The Labute approximate surface area is 149 Å². The molecule has 2 N–H and O–H groups in total. The molecule has 0 atom stereocenters. The lowest BCUT2D eigenvalue weighted by atomic mass is 9.84. The van der Waals surface area contributed by atoms with E-state index in [1.54, 1.807) is 26.3 Å². The normalized spacial score (nSPS) is 11.8. The molecular weight excluding hydrogens is 396 g/mol. The number of guanidine groups is 1. The summed E-state index contributed by atoms with van der Waals surface area (Å²) in [4.78, 5) is 4.18. The summed E-state index contributed by atoms with van der Waals surface area (Å²) >= 11 is 0. The molecular formula is C16H27FIN3O. The van der Waals surface area contributed by atoms with Crippen LogP contribution < -0.4 is 10.6 Å². The van der Waals surface area contributed by atoms with E-state index in [-0.39, 0.29) is 35.2 Å². The molecule has 0 bridgehead atoms. The summed E-state index contributed by atoms with van der Waals surface area (Å²) in [5, 5.41) is 6.50. The van der Waals surface area contributed by atoms with Crippen LogP contribution in [0.5, 0.6) is 0 Å². The maximum atomic E-state index is 13.3. The summed E-state index contributed by atoms with van der Waals surface area (Å²) < 4.78 is 18.3. The highest BCUT2D eigenvalue weighted by molar-refractivity contribution is 14.0. The minimum absolute atomic E-state index is 0. The van der Waals surface area contributed by atoms with Gasteiger partial charge in [0.15, 0.2) is 5.96 Å². The number of methoxy groups -OCH3 is 1. The largest absolute Gasteiger partial charge is 0.385 e. The molecule has 0 saturated heterocycles. The van der Waals surface area contributed by atoms with Crippen LogP contribution in [-0.4, -0.2) is 39.8 Å². The van der Waals surface area contributed by atoms with Crippen molar-refractivity contribution in [2.75, 3.05) is 33.9 Å². The lowest BCUT2D eigenvalue weighted by Crippen LogP contribution is -2.43. The third-order valence-electron chi connectivity index (χ3n) is 3.35. The maximum Gasteiger partial charge on any atom is 0.191 e. The van der Waals surface area contributed by atoms with Crippen molar-refractivity contribution in [3.63, 3.8) is 0 Å². The second kappa shape index (κ2) is 10.8. The fourth-order valence-corrected chi connectivity index (χ4v) is 1.96. The van der Waals surface area contributed by atoms with Crippen LogP contribution in [0.25, 0.3) is 0 Å². The first-order valence-corrected chi connectivity index (χ1v) is 7.19. The second-order valence-corrected chi connectivity index (χ2v) is 5.59. The molecule has 0 radical (unpaired) electrons. The standard InChI is InChI=1S/C16H26FN3O.HI/c1-16(2,13-7-5-8-14(17)11-13)12-20-15(18-3)19-9-6-10-21-4;/h5,7-8,11H,6,9-10,12H2,1-4H3,(H2,18,19,20);1H.